The molecule has 0 N–H and O–H groups in total. The highest BCUT2D eigenvalue weighted by Gasteiger charge is 2.20. The maximum Gasteiger partial charge on any atom is 0.297 e. The van der Waals surface area contributed by atoms with Crippen LogP contribution in [0.1, 0.15) is 33.3 Å². The lowest BCUT2D eigenvalue weighted by Crippen LogP contribution is -2.27. The van der Waals surface area contributed by atoms with Crippen LogP contribution in [-0.2, 0) is 19.0 Å². The van der Waals surface area contributed by atoms with Gasteiger partial charge >= 0.3 is 0 Å². The number of ether oxygens (including phenoxy) is 1. The van der Waals surface area contributed by atoms with Gasteiger partial charge in [-0.15, -0.1) is 0 Å². The molecule has 5 heteroatoms. The second-order valence-electron chi connectivity index (χ2n) is 5.60. The fraction of sp³-hybridized carbons (Fsp3) is 0.571. The summed E-state index contributed by atoms with van der Waals surface area (Å²) in [7, 11) is -3.72. The number of hydrogen-bond acceptors (Lipinski definition) is 4. The van der Waals surface area contributed by atoms with Gasteiger partial charge in [0, 0.05) is 0 Å². The van der Waals surface area contributed by atoms with E-state index in [2.05, 4.69) is 0 Å². The molecule has 1 aromatic carbocycles. The molecule has 0 saturated heterocycles. The molecule has 0 aliphatic heterocycles. The molecule has 0 radical (unpaired) electrons. The SMILES string of the molecule is Cc1ccc(S(=O)(=O)OC(C)COC(C)(C)C)cc1. The summed E-state index contributed by atoms with van der Waals surface area (Å²) in [4.78, 5) is 0.167. The maximum absolute atomic E-state index is 12.0. The van der Waals surface area contributed by atoms with Crippen molar-refractivity contribution in [1.82, 2.24) is 0 Å². The van der Waals surface area contributed by atoms with Gasteiger partial charge in [-0.3, -0.25) is 4.18 Å². The Labute approximate surface area is 115 Å². The lowest BCUT2D eigenvalue weighted by atomic mass is 10.2. The third-order valence-corrected chi connectivity index (χ3v) is 3.78. The molecule has 0 aliphatic carbocycles. The summed E-state index contributed by atoms with van der Waals surface area (Å²) in [6.07, 6.45) is -0.523. The van der Waals surface area contributed by atoms with Crippen molar-refractivity contribution in [2.24, 2.45) is 0 Å². The Morgan fingerprint density at radius 2 is 1.68 bits per heavy atom. The maximum atomic E-state index is 12.0. The molecule has 108 valence electrons. The lowest BCUT2D eigenvalue weighted by molar-refractivity contribution is -0.0362. The van der Waals surface area contributed by atoms with Crippen molar-refractivity contribution in [3.8, 4) is 0 Å². The first-order valence-electron chi connectivity index (χ1n) is 6.24. The van der Waals surface area contributed by atoms with Gasteiger partial charge in [0.05, 0.1) is 23.2 Å². The van der Waals surface area contributed by atoms with E-state index in [0.717, 1.165) is 5.56 Å². The van der Waals surface area contributed by atoms with Gasteiger partial charge in [0.1, 0.15) is 0 Å². The largest absolute Gasteiger partial charge is 0.373 e. The van der Waals surface area contributed by atoms with E-state index in [1.54, 1.807) is 31.2 Å². The van der Waals surface area contributed by atoms with Crippen LogP contribution in [0.3, 0.4) is 0 Å². The van der Waals surface area contributed by atoms with E-state index in [-0.39, 0.29) is 17.1 Å². The molecule has 0 spiro atoms. The minimum Gasteiger partial charge on any atom is -0.373 e. The number of aryl methyl sites for hydroxylation is 1. The normalized spacial score (nSPS) is 14.4. The Morgan fingerprint density at radius 1 is 1.16 bits per heavy atom. The molecule has 0 aromatic heterocycles. The summed E-state index contributed by atoms with van der Waals surface area (Å²) in [5.41, 5.74) is 0.689. The first-order chi connectivity index (χ1) is 8.60. The Hall–Kier alpha value is -0.910. The zero-order valence-electron chi connectivity index (χ0n) is 12.1. The van der Waals surface area contributed by atoms with Gasteiger partial charge in [-0.05, 0) is 46.8 Å². The van der Waals surface area contributed by atoms with Gasteiger partial charge in [0.15, 0.2) is 0 Å². The van der Waals surface area contributed by atoms with Crippen molar-refractivity contribution in [2.45, 2.75) is 51.2 Å². The zero-order valence-corrected chi connectivity index (χ0v) is 13.0. The van der Waals surface area contributed by atoms with Gasteiger partial charge in [0.25, 0.3) is 10.1 Å². The first-order valence-corrected chi connectivity index (χ1v) is 7.65. The van der Waals surface area contributed by atoms with Crippen molar-refractivity contribution >= 4 is 10.1 Å². The molecule has 1 atom stereocenters. The smallest absolute Gasteiger partial charge is 0.297 e. The Balaban J connectivity index is 2.67. The summed E-state index contributed by atoms with van der Waals surface area (Å²) in [5, 5.41) is 0. The second-order valence-corrected chi connectivity index (χ2v) is 7.17. The van der Waals surface area contributed by atoms with Crippen molar-refractivity contribution in [1.29, 1.82) is 0 Å². The fourth-order valence-corrected chi connectivity index (χ4v) is 2.44. The number of benzene rings is 1. The van der Waals surface area contributed by atoms with E-state index in [1.165, 1.54) is 0 Å². The second kappa shape index (κ2) is 6.03. The van der Waals surface area contributed by atoms with Crippen LogP contribution in [0.5, 0.6) is 0 Å². The molecule has 0 bridgehead atoms. The summed E-state index contributed by atoms with van der Waals surface area (Å²) in [6, 6.07) is 6.57. The molecule has 0 aliphatic rings. The van der Waals surface area contributed by atoms with Crippen LogP contribution in [0.2, 0.25) is 0 Å². The van der Waals surface area contributed by atoms with Gasteiger partial charge in [-0.1, -0.05) is 17.7 Å². The van der Waals surface area contributed by atoms with E-state index in [1.807, 2.05) is 27.7 Å². The first kappa shape index (κ1) is 16.1. The van der Waals surface area contributed by atoms with Crippen LogP contribution in [-0.4, -0.2) is 26.7 Å². The standard InChI is InChI=1S/C14H22O4S/c1-11-6-8-13(9-7-11)19(15,16)18-12(2)10-17-14(3,4)5/h6-9,12H,10H2,1-5H3. The average Bonchev–Trinajstić information content (AvgIpc) is 2.25. The average molecular weight is 286 g/mol. The van der Waals surface area contributed by atoms with E-state index >= 15 is 0 Å². The van der Waals surface area contributed by atoms with Crippen LogP contribution < -0.4 is 0 Å². The van der Waals surface area contributed by atoms with Gasteiger partial charge < -0.3 is 4.74 Å². The Bertz CT molecular complexity index is 497. The molecule has 1 aromatic rings. The van der Waals surface area contributed by atoms with Gasteiger partial charge in [0.2, 0.25) is 0 Å². The zero-order chi connectivity index (χ0) is 14.7. The van der Waals surface area contributed by atoms with Crippen molar-refractivity contribution < 1.29 is 17.3 Å². The Kier molecular flexibility index (Phi) is 5.12. The van der Waals surface area contributed by atoms with E-state index in [9.17, 15) is 8.42 Å². The molecule has 0 saturated carbocycles. The van der Waals surface area contributed by atoms with Crippen LogP contribution >= 0.6 is 0 Å². The molecule has 4 nitrogen and oxygen atoms in total. The topological polar surface area (TPSA) is 52.6 Å². The molecule has 0 fully saturated rings. The lowest BCUT2D eigenvalue weighted by Gasteiger charge is -2.22. The van der Waals surface area contributed by atoms with Crippen molar-refractivity contribution in [3.05, 3.63) is 29.8 Å². The third kappa shape index (κ3) is 5.72. The molecule has 1 rings (SSSR count). The fourth-order valence-electron chi connectivity index (χ4n) is 1.37. The molecule has 0 heterocycles. The number of rotatable bonds is 5. The van der Waals surface area contributed by atoms with E-state index in [4.69, 9.17) is 8.92 Å². The minimum absolute atomic E-state index is 0.167. The predicted octanol–water partition coefficient (Wildman–Crippen LogP) is 2.90. The van der Waals surface area contributed by atoms with Crippen LogP contribution in [0.25, 0.3) is 0 Å². The Morgan fingerprint density at radius 3 is 2.16 bits per heavy atom. The summed E-state index contributed by atoms with van der Waals surface area (Å²) in [5.74, 6) is 0. The van der Waals surface area contributed by atoms with Crippen molar-refractivity contribution in [3.63, 3.8) is 0 Å². The minimum atomic E-state index is -3.72. The monoisotopic (exact) mass is 286 g/mol. The summed E-state index contributed by atoms with van der Waals surface area (Å²) < 4.78 is 34.6. The highest BCUT2D eigenvalue weighted by atomic mass is 32.2. The quantitative estimate of drug-likeness (QED) is 0.781. The highest BCUT2D eigenvalue weighted by molar-refractivity contribution is 7.86. The number of hydrogen-bond donors (Lipinski definition) is 0. The molecule has 19 heavy (non-hydrogen) atoms. The van der Waals surface area contributed by atoms with E-state index in [0.29, 0.717) is 0 Å². The van der Waals surface area contributed by atoms with E-state index < -0.39 is 16.2 Å². The van der Waals surface area contributed by atoms with Crippen molar-refractivity contribution in [2.75, 3.05) is 6.61 Å². The van der Waals surface area contributed by atoms with Crippen LogP contribution in [0.4, 0.5) is 0 Å². The van der Waals surface area contributed by atoms with Crippen LogP contribution in [0.15, 0.2) is 29.2 Å². The van der Waals surface area contributed by atoms with Gasteiger partial charge in [-0.25, -0.2) is 0 Å². The molecular formula is C14H22O4S. The third-order valence-electron chi connectivity index (χ3n) is 2.35. The van der Waals surface area contributed by atoms with Gasteiger partial charge in [-0.2, -0.15) is 8.42 Å². The van der Waals surface area contributed by atoms with Crippen LogP contribution in [0, 0.1) is 6.92 Å². The predicted molar refractivity (Wildman–Crippen MR) is 74.6 cm³/mol. The summed E-state index contributed by atoms with van der Waals surface area (Å²) in [6.45, 7) is 9.54. The molecular weight excluding hydrogens is 264 g/mol. The highest BCUT2D eigenvalue weighted by Crippen LogP contribution is 2.16. The summed E-state index contributed by atoms with van der Waals surface area (Å²) >= 11 is 0. The molecule has 0 amide bonds. The molecule has 1 unspecified atom stereocenters.